The standard InChI is InChI=1S/C16H24N2O6/c17-10(19)15(11(18)20)8-4-5-9-16(15,13(23)24)14(12(21)22)6-2-1-3-7-14/h1-9H2,(H2,17,19)(H2,18,20)(H,21,22)(H,23,24). The molecule has 6 N–H and O–H groups in total. The summed E-state index contributed by atoms with van der Waals surface area (Å²) in [5.41, 5.74) is 4.96. The smallest absolute Gasteiger partial charge is 0.312 e. The van der Waals surface area contributed by atoms with Crippen molar-refractivity contribution < 1.29 is 29.4 Å². The van der Waals surface area contributed by atoms with Crippen molar-refractivity contribution in [3.05, 3.63) is 0 Å². The molecule has 0 saturated heterocycles. The van der Waals surface area contributed by atoms with Gasteiger partial charge in [0.15, 0.2) is 0 Å². The van der Waals surface area contributed by atoms with Crippen LogP contribution in [-0.4, -0.2) is 34.0 Å². The minimum absolute atomic E-state index is 0.0942. The Morgan fingerprint density at radius 1 is 0.667 bits per heavy atom. The van der Waals surface area contributed by atoms with Crippen LogP contribution in [0.3, 0.4) is 0 Å². The minimum atomic E-state index is -2.19. The number of rotatable bonds is 5. The molecule has 2 aliphatic carbocycles. The van der Waals surface area contributed by atoms with Crippen LogP contribution in [0, 0.1) is 16.2 Å². The molecular formula is C16H24N2O6. The van der Waals surface area contributed by atoms with Gasteiger partial charge in [-0.3, -0.25) is 19.2 Å². The van der Waals surface area contributed by atoms with Gasteiger partial charge in [0.05, 0.1) is 5.41 Å². The first kappa shape index (κ1) is 18.2. The lowest BCUT2D eigenvalue weighted by Gasteiger charge is -2.56. The number of carbonyl (C=O) groups is 4. The molecule has 134 valence electrons. The van der Waals surface area contributed by atoms with Crippen molar-refractivity contribution in [2.75, 3.05) is 0 Å². The predicted molar refractivity (Wildman–Crippen MR) is 82.5 cm³/mol. The number of primary amides is 2. The van der Waals surface area contributed by atoms with Crippen LogP contribution in [0.5, 0.6) is 0 Å². The lowest BCUT2D eigenvalue weighted by atomic mass is 9.42. The van der Waals surface area contributed by atoms with Crippen molar-refractivity contribution >= 4 is 23.8 Å². The van der Waals surface area contributed by atoms with Gasteiger partial charge in [0.2, 0.25) is 11.8 Å². The van der Waals surface area contributed by atoms with Crippen LogP contribution in [0.1, 0.15) is 57.8 Å². The zero-order chi connectivity index (χ0) is 18.2. The molecule has 0 bridgehead atoms. The van der Waals surface area contributed by atoms with E-state index in [4.69, 9.17) is 11.5 Å². The molecule has 0 aliphatic heterocycles. The van der Waals surface area contributed by atoms with Crippen LogP contribution >= 0.6 is 0 Å². The van der Waals surface area contributed by atoms with Gasteiger partial charge in [0.1, 0.15) is 10.8 Å². The molecule has 1 atom stereocenters. The van der Waals surface area contributed by atoms with Gasteiger partial charge in [-0.1, -0.05) is 32.1 Å². The van der Waals surface area contributed by atoms with Gasteiger partial charge in [0.25, 0.3) is 0 Å². The molecule has 0 aromatic rings. The Morgan fingerprint density at radius 2 is 1.12 bits per heavy atom. The van der Waals surface area contributed by atoms with E-state index >= 15 is 0 Å². The molecular weight excluding hydrogens is 316 g/mol. The molecule has 2 saturated carbocycles. The Labute approximate surface area is 139 Å². The Kier molecular flexibility index (Phi) is 4.61. The third-order valence-corrected chi connectivity index (χ3v) is 6.22. The van der Waals surface area contributed by atoms with Crippen LogP contribution in [-0.2, 0) is 19.2 Å². The molecule has 2 rings (SSSR count). The van der Waals surface area contributed by atoms with Gasteiger partial charge >= 0.3 is 11.9 Å². The number of carboxylic acid groups (broad SMARTS) is 2. The molecule has 0 radical (unpaired) electrons. The monoisotopic (exact) mass is 340 g/mol. The molecule has 24 heavy (non-hydrogen) atoms. The highest BCUT2D eigenvalue weighted by Gasteiger charge is 2.75. The fourth-order valence-corrected chi connectivity index (χ4v) is 5.12. The van der Waals surface area contributed by atoms with Gasteiger partial charge in [0, 0.05) is 0 Å². The van der Waals surface area contributed by atoms with Gasteiger partial charge in [-0.05, 0) is 25.7 Å². The van der Waals surface area contributed by atoms with Gasteiger partial charge in [-0.2, -0.15) is 0 Å². The largest absolute Gasteiger partial charge is 0.481 e. The van der Waals surface area contributed by atoms with Crippen LogP contribution < -0.4 is 11.5 Å². The first-order valence-electron chi connectivity index (χ1n) is 8.26. The predicted octanol–water partition coefficient (Wildman–Crippen LogP) is 0.623. The Hall–Kier alpha value is -2.12. The zero-order valence-electron chi connectivity index (χ0n) is 13.5. The molecule has 1 unspecified atom stereocenters. The van der Waals surface area contributed by atoms with Crippen molar-refractivity contribution in [2.45, 2.75) is 57.8 Å². The van der Waals surface area contributed by atoms with Gasteiger partial charge < -0.3 is 21.7 Å². The van der Waals surface area contributed by atoms with Crippen LogP contribution in [0.25, 0.3) is 0 Å². The summed E-state index contributed by atoms with van der Waals surface area (Å²) in [4.78, 5) is 49.3. The molecule has 0 aromatic carbocycles. The second-order valence-electron chi connectivity index (χ2n) is 7.00. The quantitative estimate of drug-likeness (QED) is 0.536. The summed E-state index contributed by atoms with van der Waals surface area (Å²) in [6, 6.07) is 0. The van der Waals surface area contributed by atoms with E-state index in [1.807, 2.05) is 0 Å². The topological polar surface area (TPSA) is 161 Å². The number of hydrogen-bond donors (Lipinski definition) is 4. The number of hydrogen-bond acceptors (Lipinski definition) is 4. The Balaban J connectivity index is 2.84. The highest BCUT2D eigenvalue weighted by atomic mass is 16.4. The van der Waals surface area contributed by atoms with E-state index in [2.05, 4.69) is 0 Å². The Morgan fingerprint density at radius 3 is 1.54 bits per heavy atom. The van der Waals surface area contributed by atoms with E-state index in [1.54, 1.807) is 0 Å². The molecule has 0 aromatic heterocycles. The second kappa shape index (κ2) is 6.07. The van der Waals surface area contributed by atoms with Crippen molar-refractivity contribution in [3.8, 4) is 0 Å². The zero-order valence-corrected chi connectivity index (χ0v) is 13.5. The summed E-state index contributed by atoms with van der Waals surface area (Å²) in [5, 5.41) is 20.1. The molecule has 2 aliphatic rings. The van der Waals surface area contributed by atoms with Crippen molar-refractivity contribution in [1.82, 2.24) is 0 Å². The van der Waals surface area contributed by atoms with Crippen LogP contribution in [0.2, 0.25) is 0 Å². The maximum Gasteiger partial charge on any atom is 0.312 e. The summed E-state index contributed by atoms with van der Waals surface area (Å²) < 4.78 is 0. The van der Waals surface area contributed by atoms with E-state index in [0.717, 1.165) is 6.42 Å². The summed E-state index contributed by atoms with van der Waals surface area (Å²) in [7, 11) is 0. The summed E-state index contributed by atoms with van der Waals surface area (Å²) in [5.74, 6) is -5.03. The van der Waals surface area contributed by atoms with Crippen molar-refractivity contribution in [2.24, 2.45) is 27.7 Å². The van der Waals surface area contributed by atoms with E-state index < -0.39 is 40.0 Å². The minimum Gasteiger partial charge on any atom is -0.481 e. The highest BCUT2D eigenvalue weighted by molar-refractivity contribution is 6.10. The maximum atomic E-state index is 12.4. The fraction of sp³-hybridized carbons (Fsp3) is 0.750. The molecule has 8 heteroatoms. The lowest BCUT2D eigenvalue weighted by molar-refractivity contribution is -0.204. The van der Waals surface area contributed by atoms with Crippen LogP contribution in [0.15, 0.2) is 0 Å². The lowest BCUT2D eigenvalue weighted by Crippen LogP contribution is -2.70. The number of amides is 2. The average molecular weight is 340 g/mol. The fourth-order valence-electron chi connectivity index (χ4n) is 5.12. The van der Waals surface area contributed by atoms with Gasteiger partial charge in [-0.25, -0.2) is 0 Å². The summed E-state index contributed by atoms with van der Waals surface area (Å²) in [6.07, 6.45) is 2.60. The first-order valence-corrected chi connectivity index (χ1v) is 8.26. The molecule has 2 fully saturated rings. The maximum absolute atomic E-state index is 12.4. The SMILES string of the molecule is NC(=O)C1(C(N)=O)CCCCC1(C(=O)O)C1(C(=O)O)CCCCC1. The number of nitrogens with two attached hydrogens (primary N) is 2. The molecule has 0 spiro atoms. The summed E-state index contributed by atoms with van der Waals surface area (Å²) >= 11 is 0. The Bertz CT molecular complexity index is 567. The van der Waals surface area contributed by atoms with E-state index in [0.29, 0.717) is 25.7 Å². The van der Waals surface area contributed by atoms with E-state index in [9.17, 15) is 29.4 Å². The molecule has 2 amide bonds. The second-order valence-corrected chi connectivity index (χ2v) is 7.00. The van der Waals surface area contributed by atoms with E-state index in [1.165, 1.54) is 0 Å². The highest BCUT2D eigenvalue weighted by Crippen LogP contribution is 2.64. The third-order valence-electron chi connectivity index (χ3n) is 6.22. The number of aliphatic carboxylic acids is 2. The van der Waals surface area contributed by atoms with Crippen molar-refractivity contribution in [3.63, 3.8) is 0 Å². The summed E-state index contributed by atoms with van der Waals surface area (Å²) in [6.45, 7) is 0. The van der Waals surface area contributed by atoms with Crippen molar-refractivity contribution in [1.29, 1.82) is 0 Å². The van der Waals surface area contributed by atoms with Crippen LogP contribution in [0.4, 0.5) is 0 Å². The number of carboxylic acids is 2. The molecule has 8 nitrogen and oxygen atoms in total. The van der Waals surface area contributed by atoms with Gasteiger partial charge in [-0.15, -0.1) is 0 Å². The average Bonchev–Trinajstić information content (AvgIpc) is 2.54. The normalized spacial score (nSPS) is 28.7. The third kappa shape index (κ3) is 2.04. The number of carbonyl (C=O) groups excluding carboxylic acids is 2. The molecule has 0 heterocycles. The van der Waals surface area contributed by atoms with E-state index in [-0.39, 0.29) is 25.7 Å². The first-order chi connectivity index (χ1) is 11.2.